The van der Waals surface area contributed by atoms with Crippen LogP contribution in [0.15, 0.2) is 24.3 Å². The Morgan fingerprint density at radius 1 is 1.16 bits per heavy atom. The molecule has 1 unspecified atom stereocenters. The summed E-state index contributed by atoms with van der Waals surface area (Å²) in [5.41, 5.74) is 1.30. The standard InChI is InChI=1S/C16H25BrO2/c1-16(2,3)19-10-9-14(12-17)11-13-5-7-15(18-4)8-6-13/h5-8,14H,9-12H2,1-4H3. The summed E-state index contributed by atoms with van der Waals surface area (Å²) in [6.45, 7) is 7.11. The van der Waals surface area contributed by atoms with Crippen molar-refractivity contribution in [2.24, 2.45) is 5.92 Å². The fourth-order valence-electron chi connectivity index (χ4n) is 1.86. The summed E-state index contributed by atoms with van der Waals surface area (Å²) < 4.78 is 11.0. The molecule has 3 heteroatoms. The van der Waals surface area contributed by atoms with Gasteiger partial charge in [0.1, 0.15) is 5.75 Å². The van der Waals surface area contributed by atoms with Gasteiger partial charge in [-0.2, -0.15) is 0 Å². The maximum absolute atomic E-state index is 5.80. The topological polar surface area (TPSA) is 18.5 Å². The van der Waals surface area contributed by atoms with E-state index < -0.39 is 0 Å². The molecule has 1 aromatic carbocycles. The molecule has 0 amide bonds. The van der Waals surface area contributed by atoms with E-state index in [1.54, 1.807) is 7.11 Å². The number of alkyl halides is 1. The van der Waals surface area contributed by atoms with E-state index in [4.69, 9.17) is 9.47 Å². The summed E-state index contributed by atoms with van der Waals surface area (Å²) in [4.78, 5) is 0. The molecule has 2 nitrogen and oxygen atoms in total. The van der Waals surface area contributed by atoms with E-state index in [9.17, 15) is 0 Å². The lowest BCUT2D eigenvalue weighted by atomic mass is 9.98. The molecule has 0 N–H and O–H groups in total. The highest BCUT2D eigenvalue weighted by atomic mass is 79.9. The third-order valence-electron chi connectivity index (χ3n) is 2.96. The van der Waals surface area contributed by atoms with Crippen molar-refractivity contribution in [1.29, 1.82) is 0 Å². The van der Waals surface area contributed by atoms with Gasteiger partial charge < -0.3 is 9.47 Å². The maximum atomic E-state index is 5.80. The highest BCUT2D eigenvalue weighted by molar-refractivity contribution is 9.09. The SMILES string of the molecule is COc1ccc(CC(CBr)CCOC(C)(C)C)cc1. The van der Waals surface area contributed by atoms with Crippen molar-refractivity contribution in [1.82, 2.24) is 0 Å². The summed E-state index contributed by atoms with van der Waals surface area (Å²) in [6.07, 6.45) is 2.15. The first-order chi connectivity index (χ1) is 8.94. The number of rotatable bonds is 7. The van der Waals surface area contributed by atoms with Crippen LogP contribution in [0.25, 0.3) is 0 Å². The van der Waals surface area contributed by atoms with Gasteiger partial charge in [-0.15, -0.1) is 0 Å². The van der Waals surface area contributed by atoms with Crippen LogP contribution in [0.2, 0.25) is 0 Å². The van der Waals surface area contributed by atoms with E-state index in [0.717, 1.165) is 30.5 Å². The van der Waals surface area contributed by atoms with Gasteiger partial charge in [-0.1, -0.05) is 28.1 Å². The molecule has 1 rings (SSSR count). The largest absolute Gasteiger partial charge is 0.497 e. The Morgan fingerprint density at radius 2 is 1.79 bits per heavy atom. The first-order valence-corrected chi connectivity index (χ1v) is 7.89. The van der Waals surface area contributed by atoms with Gasteiger partial charge in [0.05, 0.1) is 12.7 Å². The van der Waals surface area contributed by atoms with Crippen molar-refractivity contribution in [3.63, 3.8) is 0 Å². The van der Waals surface area contributed by atoms with Crippen LogP contribution in [0.3, 0.4) is 0 Å². The Morgan fingerprint density at radius 3 is 2.26 bits per heavy atom. The summed E-state index contributed by atoms with van der Waals surface area (Å²) in [6, 6.07) is 8.32. The minimum atomic E-state index is -0.0447. The molecule has 0 aliphatic rings. The van der Waals surface area contributed by atoms with E-state index in [1.165, 1.54) is 5.56 Å². The number of hydrogen-bond donors (Lipinski definition) is 0. The van der Waals surface area contributed by atoms with Crippen molar-refractivity contribution in [2.75, 3.05) is 19.0 Å². The molecule has 0 fully saturated rings. The van der Waals surface area contributed by atoms with E-state index in [1.807, 2.05) is 12.1 Å². The van der Waals surface area contributed by atoms with Crippen LogP contribution < -0.4 is 4.74 Å². The van der Waals surface area contributed by atoms with Gasteiger partial charge in [-0.3, -0.25) is 0 Å². The zero-order valence-corrected chi connectivity index (χ0v) is 14.0. The fourth-order valence-corrected chi connectivity index (χ4v) is 2.41. The second kappa shape index (κ2) is 7.91. The van der Waals surface area contributed by atoms with Crippen molar-refractivity contribution in [2.45, 2.75) is 39.2 Å². The summed E-state index contributed by atoms with van der Waals surface area (Å²) in [5.74, 6) is 1.52. The first-order valence-electron chi connectivity index (χ1n) is 6.77. The number of benzene rings is 1. The Labute approximate surface area is 125 Å². The Balaban J connectivity index is 2.42. The molecular weight excluding hydrogens is 304 g/mol. The fraction of sp³-hybridized carbons (Fsp3) is 0.625. The second-order valence-electron chi connectivity index (χ2n) is 5.82. The predicted molar refractivity (Wildman–Crippen MR) is 84.3 cm³/mol. The zero-order chi connectivity index (χ0) is 14.3. The lowest BCUT2D eigenvalue weighted by molar-refractivity contribution is -0.00821. The van der Waals surface area contributed by atoms with Crippen LogP contribution >= 0.6 is 15.9 Å². The molecule has 0 aliphatic heterocycles. The predicted octanol–water partition coefficient (Wildman–Crippen LogP) is 4.45. The number of methoxy groups -OCH3 is 1. The number of ether oxygens (including phenoxy) is 2. The van der Waals surface area contributed by atoms with Crippen molar-refractivity contribution < 1.29 is 9.47 Å². The third kappa shape index (κ3) is 6.98. The van der Waals surface area contributed by atoms with Gasteiger partial charge in [-0.25, -0.2) is 0 Å². The Bertz CT molecular complexity index is 354. The van der Waals surface area contributed by atoms with E-state index in [0.29, 0.717) is 5.92 Å². The van der Waals surface area contributed by atoms with E-state index in [2.05, 4.69) is 48.8 Å². The van der Waals surface area contributed by atoms with Crippen LogP contribution in [0.5, 0.6) is 5.75 Å². The first kappa shape index (κ1) is 16.5. The molecule has 19 heavy (non-hydrogen) atoms. The normalized spacial score (nSPS) is 13.3. The molecule has 0 aliphatic carbocycles. The monoisotopic (exact) mass is 328 g/mol. The van der Waals surface area contributed by atoms with Crippen molar-refractivity contribution >= 4 is 15.9 Å². The van der Waals surface area contributed by atoms with E-state index in [-0.39, 0.29) is 5.60 Å². The summed E-state index contributed by atoms with van der Waals surface area (Å²) >= 11 is 3.60. The maximum Gasteiger partial charge on any atom is 0.118 e. The average Bonchev–Trinajstić information content (AvgIpc) is 2.37. The van der Waals surface area contributed by atoms with Gasteiger partial charge in [0, 0.05) is 11.9 Å². The molecule has 0 aromatic heterocycles. The summed E-state index contributed by atoms with van der Waals surface area (Å²) in [5, 5.41) is 1.01. The number of hydrogen-bond acceptors (Lipinski definition) is 2. The van der Waals surface area contributed by atoms with Crippen molar-refractivity contribution in [3.05, 3.63) is 29.8 Å². The number of halogens is 1. The lowest BCUT2D eigenvalue weighted by Crippen LogP contribution is -2.21. The van der Waals surface area contributed by atoms with E-state index >= 15 is 0 Å². The molecule has 1 atom stereocenters. The third-order valence-corrected chi connectivity index (χ3v) is 3.88. The van der Waals surface area contributed by atoms with Crippen LogP contribution in [0.1, 0.15) is 32.8 Å². The Kier molecular flexibility index (Phi) is 6.87. The van der Waals surface area contributed by atoms with Crippen LogP contribution in [-0.2, 0) is 11.2 Å². The molecule has 0 heterocycles. The molecule has 108 valence electrons. The minimum Gasteiger partial charge on any atom is -0.497 e. The molecule has 0 saturated carbocycles. The van der Waals surface area contributed by atoms with Gasteiger partial charge in [0.2, 0.25) is 0 Å². The molecular formula is C16H25BrO2. The molecule has 0 saturated heterocycles. The quantitative estimate of drug-likeness (QED) is 0.688. The molecule has 0 spiro atoms. The van der Waals surface area contributed by atoms with Crippen LogP contribution in [0.4, 0.5) is 0 Å². The van der Waals surface area contributed by atoms with Gasteiger partial charge >= 0.3 is 0 Å². The highest BCUT2D eigenvalue weighted by Gasteiger charge is 2.13. The van der Waals surface area contributed by atoms with Gasteiger partial charge in [-0.05, 0) is 57.2 Å². The van der Waals surface area contributed by atoms with Crippen molar-refractivity contribution in [3.8, 4) is 5.75 Å². The van der Waals surface area contributed by atoms with Crippen LogP contribution in [0, 0.1) is 5.92 Å². The lowest BCUT2D eigenvalue weighted by Gasteiger charge is -2.21. The molecule has 0 bridgehead atoms. The average molecular weight is 329 g/mol. The zero-order valence-electron chi connectivity index (χ0n) is 12.4. The Hall–Kier alpha value is -0.540. The summed E-state index contributed by atoms with van der Waals surface area (Å²) in [7, 11) is 1.69. The second-order valence-corrected chi connectivity index (χ2v) is 6.47. The minimum absolute atomic E-state index is 0.0447. The molecule has 0 radical (unpaired) electrons. The smallest absolute Gasteiger partial charge is 0.118 e. The van der Waals surface area contributed by atoms with Gasteiger partial charge in [0.25, 0.3) is 0 Å². The highest BCUT2D eigenvalue weighted by Crippen LogP contribution is 2.19. The van der Waals surface area contributed by atoms with Crippen LogP contribution in [-0.4, -0.2) is 24.6 Å². The molecule has 1 aromatic rings. The van der Waals surface area contributed by atoms with Gasteiger partial charge in [0.15, 0.2) is 0 Å².